The molecule has 0 aromatic carbocycles. The quantitative estimate of drug-likeness (QED) is 0.436. The third kappa shape index (κ3) is 3.86. The van der Waals surface area contributed by atoms with Gasteiger partial charge in [-0.3, -0.25) is 0 Å². The van der Waals surface area contributed by atoms with Gasteiger partial charge in [0.05, 0.1) is 26.4 Å². The molecule has 4 aliphatic carbocycles. The summed E-state index contributed by atoms with van der Waals surface area (Å²) in [6.07, 6.45) is 28.5. The molecule has 0 bridgehead atoms. The van der Waals surface area contributed by atoms with Gasteiger partial charge in [-0.15, -0.1) is 24.7 Å². The van der Waals surface area contributed by atoms with Gasteiger partial charge in [0.2, 0.25) is 0 Å². The van der Waals surface area contributed by atoms with Crippen LogP contribution in [0.1, 0.15) is 77.0 Å². The van der Waals surface area contributed by atoms with Crippen LogP contribution in [0.5, 0.6) is 0 Å². The van der Waals surface area contributed by atoms with Crippen LogP contribution in [0.4, 0.5) is 0 Å². The van der Waals surface area contributed by atoms with Crippen molar-refractivity contribution in [2.24, 2.45) is 10.8 Å². The molecule has 0 radical (unpaired) electrons. The van der Waals surface area contributed by atoms with Crippen molar-refractivity contribution in [1.82, 2.24) is 0 Å². The molecule has 0 unspecified atom stereocenters. The lowest BCUT2D eigenvalue weighted by molar-refractivity contribution is -0.176. The summed E-state index contributed by atoms with van der Waals surface area (Å²) < 4.78 is 23.2. The van der Waals surface area contributed by atoms with Crippen LogP contribution in [0.3, 0.4) is 0 Å². The lowest BCUT2D eigenvalue weighted by Crippen LogP contribution is -2.40. The fourth-order valence-corrected chi connectivity index (χ4v) is 6.96. The van der Waals surface area contributed by atoms with Gasteiger partial charge in [-0.05, 0) is 38.5 Å². The Hall–Kier alpha value is -1.56. The number of ether oxygens (including phenoxy) is 4. The Bertz CT molecular complexity index is 787. The molecule has 0 amide bonds. The van der Waals surface area contributed by atoms with Crippen molar-refractivity contribution < 1.29 is 18.9 Å². The largest absolute Gasteiger partial charge is 0.347 e. The van der Waals surface area contributed by atoms with Crippen LogP contribution in [0.15, 0.2) is 23.3 Å². The second-order valence-electron chi connectivity index (χ2n) is 10.4. The summed E-state index contributed by atoms with van der Waals surface area (Å²) in [7, 11) is 0. The van der Waals surface area contributed by atoms with Gasteiger partial charge in [-0.2, -0.15) is 0 Å². The lowest BCUT2D eigenvalue weighted by Gasteiger charge is -2.43. The fourth-order valence-electron chi connectivity index (χ4n) is 6.96. The molecule has 6 aliphatic rings. The Kier molecular flexibility index (Phi) is 6.02. The van der Waals surface area contributed by atoms with Crippen molar-refractivity contribution in [1.29, 1.82) is 0 Å². The number of fused-ring (bicyclic) bond motifs is 2. The molecule has 4 heteroatoms. The number of allylic oxidation sites excluding steroid dienone is 2. The smallest absolute Gasteiger partial charge is 0.172 e. The predicted molar refractivity (Wildman–Crippen MR) is 123 cm³/mol. The van der Waals surface area contributed by atoms with E-state index in [1.54, 1.807) is 0 Å². The molecule has 2 saturated carbocycles. The van der Waals surface area contributed by atoms with Crippen LogP contribution in [0, 0.1) is 35.5 Å². The summed E-state index contributed by atoms with van der Waals surface area (Å²) in [4.78, 5) is 0. The van der Waals surface area contributed by atoms with E-state index < -0.39 is 0 Å². The van der Waals surface area contributed by atoms with E-state index in [4.69, 9.17) is 31.8 Å². The van der Waals surface area contributed by atoms with Gasteiger partial charge in [0.1, 0.15) is 0 Å². The van der Waals surface area contributed by atoms with Gasteiger partial charge in [0, 0.05) is 49.4 Å². The van der Waals surface area contributed by atoms with Gasteiger partial charge in [-0.1, -0.05) is 23.3 Å². The zero-order chi connectivity index (χ0) is 22.1. The standard InChI is InChI=1S/2C14H18O2/c2*1-2-5-13-6-3-4-12(13)11-14(8-7-13)15-9-10-16-14/h2*1,4H,3,5-11H2/t2*13-/m10/s1. The minimum Gasteiger partial charge on any atom is -0.347 e. The SMILES string of the molecule is C#CC[C@@]12CCC=C1CC1(CC2)OCCO1.C#CC[C@]12CCC=C1CC1(CC2)OCCO1. The molecule has 0 aromatic heterocycles. The van der Waals surface area contributed by atoms with Gasteiger partial charge in [-0.25, -0.2) is 0 Å². The first kappa shape index (κ1) is 22.2. The van der Waals surface area contributed by atoms with E-state index in [1.165, 1.54) is 36.8 Å². The molecule has 2 heterocycles. The fraction of sp³-hybridized carbons (Fsp3) is 0.714. The third-order valence-electron chi connectivity index (χ3n) is 8.79. The minimum atomic E-state index is -0.297. The van der Waals surface area contributed by atoms with Gasteiger partial charge < -0.3 is 18.9 Å². The first-order chi connectivity index (χ1) is 15.6. The molecule has 32 heavy (non-hydrogen) atoms. The normalized spacial score (nSPS) is 35.8. The molecule has 2 atom stereocenters. The highest BCUT2D eigenvalue weighted by molar-refractivity contribution is 5.28. The number of rotatable bonds is 2. The van der Waals surface area contributed by atoms with Crippen LogP contribution in [-0.2, 0) is 18.9 Å². The second kappa shape index (κ2) is 8.66. The molecule has 2 spiro atoms. The van der Waals surface area contributed by atoms with E-state index in [2.05, 4.69) is 24.0 Å². The van der Waals surface area contributed by atoms with Crippen LogP contribution in [0.25, 0.3) is 0 Å². The summed E-state index contributed by atoms with van der Waals surface area (Å²) in [5.74, 6) is 5.12. The highest BCUT2D eigenvalue weighted by atomic mass is 16.7. The van der Waals surface area contributed by atoms with Crippen molar-refractivity contribution in [2.75, 3.05) is 26.4 Å². The van der Waals surface area contributed by atoms with E-state index in [9.17, 15) is 0 Å². The predicted octanol–water partition coefficient (Wildman–Crippen LogP) is 5.29. The summed E-state index contributed by atoms with van der Waals surface area (Å²) in [5, 5.41) is 0. The van der Waals surface area contributed by atoms with E-state index >= 15 is 0 Å². The molecule has 0 N–H and O–H groups in total. The Morgan fingerprint density at radius 2 is 1.03 bits per heavy atom. The zero-order valence-electron chi connectivity index (χ0n) is 19.3. The Morgan fingerprint density at radius 3 is 1.41 bits per heavy atom. The molecule has 4 nitrogen and oxygen atoms in total. The molecule has 2 saturated heterocycles. The van der Waals surface area contributed by atoms with Crippen molar-refractivity contribution >= 4 is 0 Å². The van der Waals surface area contributed by atoms with Crippen LogP contribution in [0.2, 0.25) is 0 Å². The van der Waals surface area contributed by atoms with Gasteiger partial charge in [0.15, 0.2) is 11.6 Å². The van der Waals surface area contributed by atoms with E-state index in [0.717, 1.165) is 77.8 Å². The topological polar surface area (TPSA) is 36.9 Å². The highest BCUT2D eigenvalue weighted by Gasteiger charge is 2.51. The molecular formula is C28H36O4. The maximum absolute atomic E-state index is 5.80. The van der Waals surface area contributed by atoms with Crippen LogP contribution < -0.4 is 0 Å². The van der Waals surface area contributed by atoms with Crippen molar-refractivity contribution in [2.45, 2.75) is 88.6 Å². The monoisotopic (exact) mass is 436 g/mol. The maximum Gasteiger partial charge on any atom is 0.172 e. The van der Waals surface area contributed by atoms with Gasteiger partial charge in [0.25, 0.3) is 0 Å². The molecule has 0 aromatic rings. The first-order valence-electron chi connectivity index (χ1n) is 12.4. The Morgan fingerprint density at radius 1 is 0.625 bits per heavy atom. The molecule has 172 valence electrons. The van der Waals surface area contributed by atoms with E-state index in [0.29, 0.717) is 0 Å². The summed E-state index contributed by atoms with van der Waals surface area (Å²) >= 11 is 0. The molecule has 2 aliphatic heterocycles. The number of hydrogen-bond donors (Lipinski definition) is 0. The second-order valence-corrected chi connectivity index (χ2v) is 10.4. The van der Waals surface area contributed by atoms with Crippen LogP contribution in [-0.4, -0.2) is 38.0 Å². The maximum atomic E-state index is 5.80. The van der Waals surface area contributed by atoms with Crippen LogP contribution >= 0.6 is 0 Å². The lowest BCUT2D eigenvalue weighted by atomic mass is 9.67. The Balaban J connectivity index is 0.000000135. The van der Waals surface area contributed by atoms with E-state index in [1.807, 2.05) is 0 Å². The third-order valence-corrected chi connectivity index (χ3v) is 8.79. The van der Waals surface area contributed by atoms with Crippen molar-refractivity contribution in [3.63, 3.8) is 0 Å². The zero-order valence-corrected chi connectivity index (χ0v) is 19.3. The number of terminal acetylenes is 2. The highest BCUT2D eigenvalue weighted by Crippen LogP contribution is 2.56. The van der Waals surface area contributed by atoms with Gasteiger partial charge >= 0.3 is 0 Å². The summed E-state index contributed by atoms with van der Waals surface area (Å²) in [5.41, 5.74) is 3.57. The Labute approximate surface area is 193 Å². The average molecular weight is 437 g/mol. The van der Waals surface area contributed by atoms with E-state index in [-0.39, 0.29) is 22.4 Å². The molecule has 4 fully saturated rings. The average Bonchev–Trinajstić information content (AvgIpc) is 3.58. The summed E-state index contributed by atoms with van der Waals surface area (Å²) in [6, 6.07) is 0. The van der Waals surface area contributed by atoms with Crippen molar-refractivity contribution in [3.05, 3.63) is 23.3 Å². The summed E-state index contributed by atoms with van der Waals surface area (Å²) in [6.45, 7) is 2.98. The number of hydrogen-bond acceptors (Lipinski definition) is 4. The molecular weight excluding hydrogens is 400 g/mol. The minimum absolute atomic E-state index is 0.287. The van der Waals surface area contributed by atoms with Crippen molar-refractivity contribution in [3.8, 4) is 24.7 Å². The molecule has 6 rings (SSSR count). The first-order valence-corrected chi connectivity index (χ1v) is 12.4.